The molecule has 0 atom stereocenters. The second-order valence-corrected chi connectivity index (χ2v) is 6.87. The smallest absolute Gasteiger partial charge is 0.204 e. The lowest BCUT2D eigenvalue weighted by atomic mass is 10.0. The predicted molar refractivity (Wildman–Crippen MR) is 94.1 cm³/mol. The van der Waals surface area contributed by atoms with Gasteiger partial charge < -0.3 is 14.6 Å². The van der Waals surface area contributed by atoms with Crippen molar-refractivity contribution in [3.63, 3.8) is 0 Å². The van der Waals surface area contributed by atoms with E-state index in [9.17, 15) is 9.90 Å². The van der Waals surface area contributed by atoms with Gasteiger partial charge in [0.05, 0.1) is 11.7 Å². The second-order valence-electron chi connectivity index (χ2n) is 6.87. The first-order chi connectivity index (χ1) is 11.2. The number of benzene rings is 2. The molecular weight excluding hydrogens is 304 g/mol. The van der Waals surface area contributed by atoms with Crippen molar-refractivity contribution >= 4 is 5.78 Å². The van der Waals surface area contributed by atoms with Crippen LogP contribution in [0.5, 0.6) is 17.2 Å². The lowest BCUT2D eigenvalue weighted by Crippen LogP contribution is -2.24. The summed E-state index contributed by atoms with van der Waals surface area (Å²) in [5.41, 5.74) is 0.248. The lowest BCUT2D eigenvalue weighted by Gasteiger charge is -2.25. The van der Waals surface area contributed by atoms with Gasteiger partial charge in [-0.25, -0.2) is 0 Å². The SMILES string of the molecule is CC(C)Oc1c(OC(C)(C)C)ccc(C(=O)c2ccccc2)c1O. The molecule has 0 aliphatic heterocycles. The number of aromatic hydroxyl groups is 1. The van der Waals surface area contributed by atoms with Crippen molar-refractivity contribution in [2.24, 2.45) is 0 Å². The van der Waals surface area contributed by atoms with E-state index in [1.807, 2.05) is 40.7 Å². The van der Waals surface area contributed by atoms with Crippen LogP contribution in [0.4, 0.5) is 0 Å². The molecule has 128 valence electrons. The summed E-state index contributed by atoms with van der Waals surface area (Å²) in [5.74, 6) is 0.156. The summed E-state index contributed by atoms with van der Waals surface area (Å²) in [6.07, 6.45) is -0.166. The molecule has 4 heteroatoms. The number of phenolic OH excluding ortho intramolecular Hbond substituents is 1. The number of carbonyl (C=O) groups excluding carboxylic acids is 1. The number of hydrogen-bond donors (Lipinski definition) is 1. The van der Waals surface area contributed by atoms with Gasteiger partial charge in [-0.05, 0) is 46.8 Å². The largest absolute Gasteiger partial charge is 0.504 e. The molecule has 2 aromatic rings. The van der Waals surface area contributed by atoms with Crippen LogP contribution in [-0.2, 0) is 0 Å². The van der Waals surface area contributed by atoms with Gasteiger partial charge in [-0.1, -0.05) is 30.3 Å². The average Bonchev–Trinajstić information content (AvgIpc) is 2.49. The van der Waals surface area contributed by atoms with Gasteiger partial charge in [0.2, 0.25) is 5.75 Å². The molecule has 0 amide bonds. The Kier molecular flexibility index (Phi) is 5.17. The summed E-state index contributed by atoms with van der Waals surface area (Å²) in [6.45, 7) is 9.43. The lowest BCUT2D eigenvalue weighted by molar-refractivity contribution is 0.103. The van der Waals surface area contributed by atoms with E-state index in [0.717, 1.165) is 0 Å². The summed E-state index contributed by atoms with van der Waals surface area (Å²) in [4.78, 5) is 12.6. The molecule has 0 aromatic heterocycles. The molecule has 0 unspecified atom stereocenters. The van der Waals surface area contributed by atoms with E-state index < -0.39 is 5.60 Å². The molecule has 0 saturated heterocycles. The Morgan fingerprint density at radius 3 is 2.21 bits per heavy atom. The molecule has 24 heavy (non-hydrogen) atoms. The van der Waals surface area contributed by atoms with Crippen LogP contribution in [0.15, 0.2) is 42.5 Å². The molecule has 0 radical (unpaired) electrons. The molecule has 0 aliphatic rings. The third kappa shape index (κ3) is 4.28. The third-order valence-corrected chi connectivity index (χ3v) is 3.15. The zero-order chi connectivity index (χ0) is 17.9. The number of carbonyl (C=O) groups is 1. The first-order valence-corrected chi connectivity index (χ1v) is 8.00. The van der Waals surface area contributed by atoms with Gasteiger partial charge in [-0.15, -0.1) is 0 Å². The van der Waals surface area contributed by atoms with E-state index in [1.54, 1.807) is 36.4 Å². The quantitative estimate of drug-likeness (QED) is 0.816. The van der Waals surface area contributed by atoms with Crippen LogP contribution >= 0.6 is 0 Å². The zero-order valence-electron chi connectivity index (χ0n) is 14.8. The van der Waals surface area contributed by atoms with Crippen LogP contribution < -0.4 is 9.47 Å². The molecule has 0 fully saturated rings. The fraction of sp³-hybridized carbons (Fsp3) is 0.350. The first kappa shape index (κ1) is 17.9. The highest BCUT2D eigenvalue weighted by Crippen LogP contribution is 2.42. The number of rotatable bonds is 5. The Labute approximate surface area is 143 Å². The molecule has 4 nitrogen and oxygen atoms in total. The predicted octanol–water partition coefficient (Wildman–Crippen LogP) is 4.59. The molecular formula is C20H24O4. The van der Waals surface area contributed by atoms with Gasteiger partial charge in [0, 0.05) is 5.56 Å². The van der Waals surface area contributed by atoms with E-state index >= 15 is 0 Å². The van der Waals surface area contributed by atoms with E-state index in [0.29, 0.717) is 11.3 Å². The number of ketones is 1. The standard InChI is InChI=1S/C20H24O4/c1-13(2)23-19-16(24-20(3,4)5)12-11-15(18(19)22)17(21)14-9-7-6-8-10-14/h6-13,22H,1-5H3. The van der Waals surface area contributed by atoms with Crippen molar-refractivity contribution in [1.29, 1.82) is 0 Å². The number of phenols is 1. The molecule has 0 bridgehead atoms. The van der Waals surface area contributed by atoms with E-state index in [2.05, 4.69) is 0 Å². The summed E-state index contributed by atoms with van der Waals surface area (Å²) in [6, 6.07) is 12.1. The van der Waals surface area contributed by atoms with Crippen molar-refractivity contribution in [3.8, 4) is 17.2 Å². The number of ether oxygens (including phenoxy) is 2. The molecule has 0 aliphatic carbocycles. The normalized spacial score (nSPS) is 11.4. The maximum atomic E-state index is 12.6. The minimum Gasteiger partial charge on any atom is -0.504 e. The van der Waals surface area contributed by atoms with Gasteiger partial charge in [0.1, 0.15) is 5.60 Å². The van der Waals surface area contributed by atoms with Crippen LogP contribution in [0.2, 0.25) is 0 Å². The number of hydrogen-bond acceptors (Lipinski definition) is 4. The fourth-order valence-electron chi connectivity index (χ4n) is 2.24. The van der Waals surface area contributed by atoms with Gasteiger partial charge in [-0.3, -0.25) is 4.79 Å². The molecule has 0 saturated carbocycles. The second kappa shape index (κ2) is 6.95. The minimum absolute atomic E-state index is 0.166. The van der Waals surface area contributed by atoms with Crippen LogP contribution in [0.25, 0.3) is 0 Å². The van der Waals surface area contributed by atoms with Gasteiger partial charge >= 0.3 is 0 Å². The Morgan fingerprint density at radius 1 is 1.04 bits per heavy atom. The van der Waals surface area contributed by atoms with Gasteiger partial charge in [0.15, 0.2) is 17.3 Å². The Morgan fingerprint density at radius 2 is 1.67 bits per heavy atom. The first-order valence-electron chi connectivity index (χ1n) is 8.00. The van der Waals surface area contributed by atoms with Crippen molar-refractivity contribution in [2.45, 2.75) is 46.3 Å². The summed E-state index contributed by atoms with van der Waals surface area (Å²) >= 11 is 0. The zero-order valence-corrected chi connectivity index (χ0v) is 14.8. The third-order valence-electron chi connectivity index (χ3n) is 3.15. The average molecular weight is 328 g/mol. The summed E-state index contributed by atoms with van der Waals surface area (Å²) < 4.78 is 11.6. The van der Waals surface area contributed by atoms with Crippen LogP contribution in [0, 0.1) is 0 Å². The van der Waals surface area contributed by atoms with Crippen molar-refractivity contribution in [1.82, 2.24) is 0 Å². The van der Waals surface area contributed by atoms with Gasteiger partial charge in [-0.2, -0.15) is 0 Å². The molecule has 0 spiro atoms. The van der Waals surface area contributed by atoms with Crippen LogP contribution in [-0.4, -0.2) is 22.6 Å². The molecule has 0 heterocycles. The van der Waals surface area contributed by atoms with E-state index in [4.69, 9.17) is 9.47 Å². The van der Waals surface area contributed by atoms with E-state index in [-0.39, 0.29) is 28.9 Å². The summed E-state index contributed by atoms with van der Waals surface area (Å²) in [5, 5.41) is 10.6. The molecule has 2 aromatic carbocycles. The van der Waals surface area contributed by atoms with Crippen LogP contribution in [0.1, 0.15) is 50.5 Å². The monoisotopic (exact) mass is 328 g/mol. The fourth-order valence-corrected chi connectivity index (χ4v) is 2.24. The minimum atomic E-state index is -0.452. The Hall–Kier alpha value is -2.49. The highest BCUT2D eigenvalue weighted by molar-refractivity contribution is 6.11. The van der Waals surface area contributed by atoms with E-state index in [1.165, 1.54) is 0 Å². The summed E-state index contributed by atoms with van der Waals surface area (Å²) in [7, 11) is 0. The van der Waals surface area contributed by atoms with Crippen molar-refractivity contribution in [3.05, 3.63) is 53.6 Å². The Bertz CT molecular complexity index is 712. The highest BCUT2D eigenvalue weighted by Gasteiger charge is 2.24. The van der Waals surface area contributed by atoms with Crippen molar-refractivity contribution < 1.29 is 19.4 Å². The maximum Gasteiger partial charge on any atom is 0.204 e. The molecule has 2 rings (SSSR count). The van der Waals surface area contributed by atoms with Gasteiger partial charge in [0.25, 0.3) is 0 Å². The van der Waals surface area contributed by atoms with Crippen molar-refractivity contribution in [2.75, 3.05) is 0 Å². The molecule has 1 N–H and O–H groups in total. The maximum absolute atomic E-state index is 12.6. The Balaban J connectivity index is 2.50. The topological polar surface area (TPSA) is 55.8 Å². The van der Waals surface area contributed by atoms with Crippen LogP contribution in [0.3, 0.4) is 0 Å². The highest BCUT2D eigenvalue weighted by atomic mass is 16.5.